The zero-order chi connectivity index (χ0) is 18.9. The van der Waals surface area contributed by atoms with Crippen molar-refractivity contribution >= 4 is 27.0 Å². The molecule has 2 atom stereocenters. The van der Waals surface area contributed by atoms with Crippen LogP contribution >= 0.6 is 11.3 Å². The van der Waals surface area contributed by atoms with E-state index in [-0.39, 0.29) is 6.04 Å². The van der Waals surface area contributed by atoms with Crippen LogP contribution < -0.4 is 15.6 Å². The van der Waals surface area contributed by atoms with Crippen molar-refractivity contribution in [3.8, 4) is 0 Å². The molecule has 146 valence electrons. The van der Waals surface area contributed by atoms with Crippen LogP contribution in [0.3, 0.4) is 0 Å². The van der Waals surface area contributed by atoms with E-state index in [1.807, 2.05) is 24.3 Å². The Kier molecular flexibility index (Phi) is 5.52. The topological polar surface area (TPSA) is 73.5 Å². The Balaban J connectivity index is 1.46. The van der Waals surface area contributed by atoms with Crippen LogP contribution in [0.2, 0.25) is 0 Å². The van der Waals surface area contributed by atoms with Crippen LogP contribution in [0.1, 0.15) is 42.7 Å². The lowest BCUT2D eigenvalue weighted by Gasteiger charge is -2.15. The van der Waals surface area contributed by atoms with Gasteiger partial charge in [-0.2, -0.15) is 0 Å². The molecule has 1 aromatic carbocycles. The first kappa shape index (κ1) is 18.9. The lowest BCUT2D eigenvalue weighted by molar-refractivity contribution is 0.331. The molecule has 27 heavy (non-hydrogen) atoms. The zero-order valence-corrected chi connectivity index (χ0v) is 17.1. The average molecular weight is 407 g/mol. The molecule has 0 aliphatic carbocycles. The summed E-state index contributed by atoms with van der Waals surface area (Å²) in [6.45, 7) is 5.22. The van der Waals surface area contributed by atoms with E-state index < -0.39 is 10.0 Å². The second-order valence-corrected chi connectivity index (χ2v) is 10.4. The fourth-order valence-corrected chi connectivity index (χ4v) is 6.14. The highest BCUT2D eigenvalue weighted by Gasteiger charge is 2.25. The SMILES string of the molecule is CC1CC(c2ccc(S(=O)(=O)Nc3cccc(CN4CCCC4)c3)s2)NN1. The van der Waals surface area contributed by atoms with Crippen molar-refractivity contribution in [3.63, 3.8) is 0 Å². The second-order valence-electron chi connectivity index (χ2n) is 7.42. The molecule has 0 spiro atoms. The van der Waals surface area contributed by atoms with Gasteiger partial charge in [-0.05, 0) is 69.1 Å². The van der Waals surface area contributed by atoms with Crippen LogP contribution in [0.25, 0.3) is 0 Å². The Morgan fingerprint density at radius 2 is 2.00 bits per heavy atom. The van der Waals surface area contributed by atoms with Crippen LogP contribution in [0.5, 0.6) is 0 Å². The van der Waals surface area contributed by atoms with Crippen LogP contribution in [0.15, 0.2) is 40.6 Å². The number of likely N-dealkylation sites (tertiary alicyclic amines) is 1. The molecule has 2 aliphatic heterocycles. The molecule has 2 fully saturated rings. The van der Waals surface area contributed by atoms with Gasteiger partial charge in [0.05, 0.1) is 6.04 Å². The third-order valence-electron chi connectivity index (χ3n) is 5.09. The number of rotatable bonds is 6. The highest BCUT2D eigenvalue weighted by Crippen LogP contribution is 2.31. The van der Waals surface area contributed by atoms with E-state index in [0.29, 0.717) is 15.9 Å². The number of sulfonamides is 1. The lowest BCUT2D eigenvalue weighted by Crippen LogP contribution is -2.28. The van der Waals surface area contributed by atoms with Crippen LogP contribution in [0.4, 0.5) is 5.69 Å². The molecule has 8 heteroatoms. The Bertz CT molecular complexity index is 891. The van der Waals surface area contributed by atoms with Crippen molar-refractivity contribution in [3.05, 3.63) is 46.8 Å². The first-order valence-electron chi connectivity index (χ1n) is 9.44. The quantitative estimate of drug-likeness (QED) is 0.688. The van der Waals surface area contributed by atoms with Gasteiger partial charge >= 0.3 is 0 Å². The summed E-state index contributed by atoms with van der Waals surface area (Å²) < 4.78 is 28.7. The molecule has 0 saturated carbocycles. The molecule has 2 saturated heterocycles. The summed E-state index contributed by atoms with van der Waals surface area (Å²) in [5.74, 6) is 0. The fourth-order valence-electron chi connectivity index (χ4n) is 3.71. The van der Waals surface area contributed by atoms with Gasteiger partial charge in [0.2, 0.25) is 0 Å². The maximum absolute atomic E-state index is 12.8. The van der Waals surface area contributed by atoms with Gasteiger partial charge in [0.25, 0.3) is 10.0 Å². The predicted octanol–water partition coefficient (Wildman–Crippen LogP) is 3.07. The zero-order valence-electron chi connectivity index (χ0n) is 15.4. The van der Waals surface area contributed by atoms with Gasteiger partial charge in [-0.25, -0.2) is 13.8 Å². The van der Waals surface area contributed by atoms with Gasteiger partial charge in [-0.15, -0.1) is 11.3 Å². The van der Waals surface area contributed by atoms with E-state index in [1.54, 1.807) is 6.07 Å². The number of hydrogen-bond donors (Lipinski definition) is 3. The summed E-state index contributed by atoms with van der Waals surface area (Å²) in [4.78, 5) is 3.44. The highest BCUT2D eigenvalue weighted by molar-refractivity contribution is 7.94. The normalized spacial score (nSPS) is 23.7. The van der Waals surface area contributed by atoms with Crippen molar-refractivity contribution < 1.29 is 8.42 Å². The maximum atomic E-state index is 12.8. The number of benzene rings is 1. The van der Waals surface area contributed by atoms with Gasteiger partial charge in [-0.1, -0.05) is 12.1 Å². The van der Waals surface area contributed by atoms with Crippen LogP contribution in [-0.2, 0) is 16.6 Å². The van der Waals surface area contributed by atoms with E-state index in [0.717, 1.165) is 36.5 Å². The number of nitrogens with zero attached hydrogens (tertiary/aromatic N) is 1. The molecular formula is C19H26N4O2S2. The number of hydrogen-bond acceptors (Lipinski definition) is 6. The lowest BCUT2D eigenvalue weighted by atomic mass is 10.1. The second kappa shape index (κ2) is 7.89. The molecular weight excluding hydrogens is 380 g/mol. The van der Waals surface area contributed by atoms with E-state index in [2.05, 4.69) is 33.5 Å². The van der Waals surface area contributed by atoms with Gasteiger partial charge < -0.3 is 0 Å². The van der Waals surface area contributed by atoms with Crippen molar-refractivity contribution in [1.29, 1.82) is 0 Å². The van der Waals surface area contributed by atoms with Gasteiger partial charge in [0.1, 0.15) is 4.21 Å². The molecule has 2 unspecified atom stereocenters. The first-order chi connectivity index (χ1) is 13.0. The smallest absolute Gasteiger partial charge is 0.271 e. The number of anilines is 1. The molecule has 0 bridgehead atoms. The minimum Gasteiger partial charge on any atom is -0.299 e. The Labute approximate surface area is 165 Å². The summed E-state index contributed by atoms with van der Waals surface area (Å²) in [7, 11) is -3.57. The minimum atomic E-state index is -3.57. The molecule has 2 aliphatic rings. The Hall–Kier alpha value is -1.45. The number of thiophene rings is 1. The van der Waals surface area contributed by atoms with Crippen molar-refractivity contribution in [1.82, 2.24) is 15.8 Å². The Morgan fingerprint density at radius 1 is 1.19 bits per heavy atom. The molecule has 1 aromatic heterocycles. The van der Waals surface area contributed by atoms with E-state index in [9.17, 15) is 8.42 Å². The van der Waals surface area contributed by atoms with Gasteiger partial charge in [0, 0.05) is 23.2 Å². The summed E-state index contributed by atoms with van der Waals surface area (Å²) in [5.41, 5.74) is 8.16. The van der Waals surface area contributed by atoms with E-state index in [1.165, 1.54) is 24.2 Å². The Morgan fingerprint density at radius 3 is 2.74 bits per heavy atom. The molecule has 0 amide bonds. The minimum absolute atomic E-state index is 0.165. The molecule has 0 radical (unpaired) electrons. The van der Waals surface area contributed by atoms with Crippen LogP contribution in [-0.4, -0.2) is 32.4 Å². The molecule has 2 aromatic rings. The summed E-state index contributed by atoms with van der Waals surface area (Å²) >= 11 is 1.33. The fraction of sp³-hybridized carbons (Fsp3) is 0.474. The standard InChI is InChI=1S/C19H26N4O2S2/c1-14-11-17(21-20-14)18-7-8-19(26-18)27(24,25)22-16-6-4-5-15(12-16)13-23-9-2-3-10-23/h4-8,12,14,17,20-22H,2-3,9-11,13H2,1H3. The average Bonchev–Trinajstić information content (AvgIpc) is 3.35. The third kappa shape index (κ3) is 4.52. The highest BCUT2D eigenvalue weighted by atomic mass is 32.2. The van der Waals surface area contributed by atoms with Crippen LogP contribution in [0, 0.1) is 0 Å². The monoisotopic (exact) mass is 406 g/mol. The molecule has 3 N–H and O–H groups in total. The summed E-state index contributed by atoms with van der Waals surface area (Å²) in [6, 6.07) is 11.9. The number of hydrazine groups is 1. The summed E-state index contributed by atoms with van der Waals surface area (Å²) in [5, 5.41) is 0. The van der Waals surface area contributed by atoms with E-state index >= 15 is 0 Å². The summed E-state index contributed by atoms with van der Waals surface area (Å²) in [6.07, 6.45) is 3.44. The predicted molar refractivity (Wildman–Crippen MR) is 109 cm³/mol. The maximum Gasteiger partial charge on any atom is 0.271 e. The first-order valence-corrected chi connectivity index (χ1v) is 11.7. The van der Waals surface area contributed by atoms with E-state index in [4.69, 9.17) is 0 Å². The van der Waals surface area contributed by atoms with Gasteiger partial charge in [-0.3, -0.25) is 15.0 Å². The number of nitrogens with one attached hydrogen (secondary N) is 3. The van der Waals surface area contributed by atoms with Crippen molar-refractivity contribution in [2.24, 2.45) is 0 Å². The molecule has 6 nitrogen and oxygen atoms in total. The van der Waals surface area contributed by atoms with Crippen molar-refractivity contribution in [2.45, 2.75) is 49.0 Å². The molecule has 4 rings (SSSR count). The molecule has 3 heterocycles. The van der Waals surface area contributed by atoms with Gasteiger partial charge in [0.15, 0.2) is 0 Å². The largest absolute Gasteiger partial charge is 0.299 e. The van der Waals surface area contributed by atoms with Crippen molar-refractivity contribution in [2.75, 3.05) is 17.8 Å². The third-order valence-corrected chi connectivity index (χ3v) is 8.16.